The molecule has 0 spiro atoms. The molecule has 0 saturated carbocycles. The number of nitrogens with one attached hydrogen (secondary N) is 1. The molecule has 1 amide bonds. The highest BCUT2D eigenvalue weighted by Gasteiger charge is 2.18. The van der Waals surface area contributed by atoms with Gasteiger partial charge in [0, 0.05) is 58.0 Å². The fraction of sp³-hybridized carbons (Fsp3) is 0.611. The first-order valence-corrected chi connectivity index (χ1v) is 9.14. The molecule has 25 heavy (non-hydrogen) atoms. The van der Waals surface area contributed by atoms with Crippen LogP contribution in [0.4, 0.5) is 0 Å². The maximum absolute atomic E-state index is 11.9. The van der Waals surface area contributed by atoms with Gasteiger partial charge in [-0.15, -0.1) is 0 Å². The lowest BCUT2D eigenvalue weighted by Gasteiger charge is -2.34. The zero-order chi connectivity index (χ0) is 17.9. The van der Waals surface area contributed by atoms with Gasteiger partial charge in [-0.3, -0.25) is 14.6 Å². The highest BCUT2D eigenvalue weighted by atomic mass is 35.5. The van der Waals surface area contributed by atoms with E-state index in [9.17, 15) is 4.79 Å². The predicted octanol–water partition coefficient (Wildman–Crippen LogP) is 1.49. The lowest BCUT2D eigenvalue weighted by atomic mass is 10.3. The fourth-order valence-corrected chi connectivity index (χ4v) is 2.82. The molecular formula is C18H28ClN3O3. The molecule has 2 rings (SSSR count). The van der Waals surface area contributed by atoms with Gasteiger partial charge in [-0.05, 0) is 30.7 Å². The van der Waals surface area contributed by atoms with Crippen molar-refractivity contribution in [1.82, 2.24) is 15.1 Å². The molecule has 1 saturated heterocycles. The van der Waals surface area contributed by atoms with E-state index in [1.54, 1.807) is 7.11 Å². The van der Waals surface area contributed by atoms with Crippen LogP contribution >= 0.6 is 11.6 Å². The smallest absolute Gasteiger partial charge is 0.234 e. The molecule has 1 aromatic rings. The highest BCUT2D eigenvalue weighted by molar-refractivity contribution is 6.30. The second-order valence-corrected chi connectivity index (χ2v) is 6.55. The maximum Gasteiger partial charge on any atom is 0.234 e. The zero-order valence-corrected chi connectivity index (χ0v) is 15.6. The second kappa shape index (κ2) is 11.3. The molecule has 1 heterocycles. The molecule has 1 aliphatic rings. The van der Waals surface area contributed by atoms with E-state index in [1.165, 1.54) is 0 Å². The Morgan fingerprint density at radius 3 is 2.48 bits per heavy atom. The van der Waals surface area contributed by atoms with Crippen molar-refractivity contribution in [3.05, 3.63) is 29.3 Å². The third-order valence-electron chi connectivity index (χ3n) is 4.17. The normalized spacial score (nSPS) is 15.9. The van der Waals surface area contributed by atoms with E-state index in [0.717, 1.165) is 44.9 Å². The maximum atomic E-state index is 11.9. The van der Waals surface area contributed by atoms with Crippen molar-refractivity contribution < 1.29 is 14.3 Å². The fourth-order valence-electron chi connectivity index (χ4n) is 2.70. The summed E-state index contributed by atoms with van der Waals surface area (Å²) in [5.74, 6) is 0.934. The first-order valence-electron chi connectivity index (χ1n) is 8.76. The monoisotopic (exact) mass is 369 g/mol. The summed E-state index contributed by atoms with van der Waals surface area (Å²) in [6.07, 6.45) is 0.851. The minimum absolute atomic E-state index is 0.0932. The highest BCUT2D eigenvalue weighted by Crippen LogP contribution is 2.15. The van der Waals surface area contributed by atoms with Crippen LogP contribution in [0.3, 0.4) is 0 Å². The van der Waals surface area contributed by atoms with E-state index in [-0.39, 0.29) is 5.91 Å². The van der Waals surface area contributed by atoms with Gasteiger partial charge in [-0.1, -0.05) is 11.6 Å². The van der Waals surface area contributed by atoms with Gasteiger partial charge in [-0.2, -0.15) is 0 Å². The molecule has 0 aromatic heterocycles. The number of methoxy groups -OCH3 is 1. The first-order chi connectivity index (χ1) is 12.2. The molecule has 1 aromatic carbocycles. The molecule has 0 bridgehead atoms. The number of benzene rings is 1. The predicted molar refractivity (Wildman–Crippen MR) is 99.3 cm³/mol. The first kappa shape index (κ1) is 20.0. The van der Waals surface area contributed by atoms with Gasteiger partial charge in [-0.25, -0.2) is 0 Å². The van der Waals surface area contributed by atoms with Crippen molar-refractivity contribution in [2.45, 2.75) is 6.42 Å². The van der Waals surface area contributed by atoms with Crippen molar-refractivity contribution >= 4 is 17.5 Å². The van der Waals surface area contributed by atoms with Crippen LogP contribution in [-0.4, -0.2) is 81.8 Å². The molecule has 0 unspecified atom stereocenters. The average molecular weight is 370 g/mol. The molecule has 7 heteroatoms. The van der Waals surface area contributed by atoms with E-state index in [2.05, 4.69) is 15.1 Å². The summed E-state index contributed by atoms with van der Waals surface area (Å²) in [7, 11) is 1.67. The molecule has 0 atom stereocenters. The van der Waals surface area contributed by atoms with Gasteiger partial charge in [0.25, 0.3) is 0 Å². The minimum Gasteiger partial charge on any atom is -0.492 e. The molecule has 140 valence electrons. The summed E-state index contributed by atoms with van der Waals surface area (Å²) in [5, 5.41) is 3.64. The van der Waals surface area contributed by atoms with Crippen LogP contribution in [0.25, 0.3) is 0 Å². The lowest BCUT2D eigenvalue weighted by Crippen LogP contribution is -2.50. The quantitative estimate of drug-likeness (QED) is 0.633. The van der Waals surface area contributed by atoms with Crippen LogP contribution in [0.1, 0.15) is 6.42 Å². The Kier molecular flexibility index (Phi) is 9.04. The van der Waals surface area contributed by atoms with Crippen molar-refractivity contribution in [3.8, 4) is 5.75 Å². The summed E-state index contributed by atoms with van der Waals surface area (Å²) in [6.45, 7) is 7.11. The molecule has 0 aliphatic carbocycles. The standard InChI is InChI=1S/C18H28ClN3O3/c1-24-13-2-7-20-18(23)15-22-10-8-21(9-11-22)12-14-25-17-5-3-16(19)4-6-17/h3-6H,2,7-15H2,1H3,(H,20,23). The Balaban J connectivity index is 1.55. The minimum atomic E-state index is 0.0932. The van der Waals surface area contributed by atoms with Crippen molar-refractivity contribution in [1.29, 1.82) is 0 Å². The van der Waals surface area contributed by atoms with Gasteiger partial charge in [0.15, 0.2) is 0 Å². The van der Waals surface area contributed by atoms with Crippen LogP contribution in [0.5, 0.6) is 5.75 Å². The van der Waals surface area contributed by atoms with Crippen molar-refractivity contribution in [2.24, 2.45) is 0 Å². The number of hydrogen-bond acceptors (Lipinski definition) is 5. The van der Waals surface area contributed by atoms with Crippen molar-refractivity contribution in [2.75, 3.05) is 66.1 Å². The number of ether oxygens (including phenoxy) is 2. The van der Waals surface area contributed by atoms with Crippen LogP contribution in [0.15, 0.2) is 24.3 Å². The number of amides is 1. The van der Waals surface area contributed by atoms with E-state index in [0.29, 0.717) is 31.3 Å². The average Bonchev–Trinajstić information content (AvgIpc) is 2.62. The SMILES string of the molecule is COCCCNC(=O)CN1CCN(CCOc2ccc(Cl)cc2)CC1. The summed E-state index contributed by atoms with van der Waals surface area (Å²) in [4.78, 5) is 16.4. The van der Waals surface area contributed by atoms with Crippen LogP contribution in [0.2, 0.25) is 5.02 Å². The number of halogens is 1. The number of carbonyl (C=O) groups is 1. The Bertz CT molecular complexity index is 505. The molecular weight excluding hydrogens is 342 g/mol. The Morgan fingerprint density at radius 2 is 1.80 bits per heavy atom. The van der Waals surface area contributed by atoms with Crippen LogP contribution < -0.4 is 10.1 Å². The Labute approximate surface area is 155 Å². The molecule has 1 fully saturated rings. The molecule has 0 radical (unpaired) electrons. The largest absolute Gasteiger partial charge is 0.492 e. The second-order valence-electron chi connectivity index (χ2n) is 6.12. The van der Waals surface area contributed by atoms with Crippen LogP contribution in [-0.2, 0) is 9.53 Å². The summed E-state index contributed by atoms with van der Waals surface area (Å²) in [6, 6.07) is 7.42. The third-order valence-corrected chi connectivity index (χ3v) is 4.42. The number of hydrogen-bond donors (Lipinski definition) is 1. The topological polar surface area (TPSA) is 54.0 Å². The molecule has 1 N–H and O–H groups in total. The van der Waals surface area contributed by atoms with Gasteiger partial charge >= 0.3 is 0 Å². The molecule has 1 aliphatic heterocycles. The van der Waals surface area contributed by atoms with Gasteiger partial charge in [0.05, 0.1) is 6.54 Å². The van der Waals surface area contributed by atoms with E-state index >= 15 is 0 Å². The van der Waals surface area contributed by atoms with Gasteiger partial charge in [0.1, 0.15) is 12.4 Å². The van der Waals surface area contributed by atoms with Gasteiger partial charge in [0.2, 0.25) is 5.91 Å². The van der Waals surface area contributed by atoms with Crippen LogP contribution in [0, 0.1) is 0 Å². The lowest BCUT2D eigenvalue weighted by molar-refractivity contribution is -0.122. The Morgan fingerprint density at radius 1 is 1.12 bits per heavy atom. The number of nitrogens with zero attached hydrogens (tertiary/aromatic N) is 2. The van der Waals surface area contributed by atoms with Crippen molar-refractivity contribution in [3.63, 3.8) is 0 Å². The number of piperazine rings is 1. The van der Waals surface area contributed by atoms with E-state index < -0.39 is 0 Å². The Hall–Kier alpha value is -1.34. The summed E-state index contributed by atoms with van der Waals surface area (Å²) < 4.78 is 10.7. The number of carbonyl (C=O) groups excluding carboxylic acids is 1. The number of rotatable bonds is 10. The molecule has 6 nitrogen and oxygen atoms in total. The van der Waals surface area contributed by atoms with Gasteiger partial charge < -0.3 is 14.8 Å². The third kappa shape index (κ3) is 8.05. The summed E-state index contributed by atoms with van der Waals surface area (Å²) >= 11 is 5.86. The van der Waals surface area contributed by atoms with E-state index in [4.69, 9.17) is 21.1 Å². The zero-order valence-electron chi connectivity index (χ0n) is 14.9. The summed E-state index contributed by atoms with van der Waals surface area (Å²) in [5.41, 5.74) is 0. The van der Waals surface area contributed by atoms with E-state index in [1.807, 2.05) is 24.3 Å².